The molecule has 0 fully saturated rings. The van der Waals surface area contributed by atoms with Crippen LogP contribution in [0.4, 0.5) is 0 Å². The normalized spacial score (nSPS) is 21.0. The minimum atomic E-state index is -0.894. The summed E-state index contributed by atoms with van der Waals surface area (Å²) in [5.74, 6) is -2.08. The van der Waals surface area contributed by atoms with E-state index in [1.54, 1.807) is 11.9 Å². The van der Waals surface area contributed by atoms with Gasteiger partial charge in [-0.3, -0.25) is 9.59 Å². The van der Waals surface area contributed by atoms with Crippen LogP contribution in [0.1, 0.15) is 18.4 Å². The van der Waals surface area contributed by atoms with Gasteiger partial charge in [-0.05, 0) is 30.5 Å². The van der Waals surface area contributed by atoms with Crippen LogP contribution in [0.3, 0.4) is 0 Å². The first-order chi connectivity index (χ1) is 9.99. The van der Waals surface area contributed by atoms with Crippen molar-refractivity contribution in [3.8, 4) is 0 Å². The molecule has 1 aliphatic rings. The van der Waals surface area contributed by atoms with E-state index in [1.807, 2.05) is 36.4 Å². The molecule has 4 nitrogen and oxygen atoms in total. The summed E-state index contributed by atoms with van der Waals surface area (Å²) in [6, 6.07) is 7.75. The summed E-state index contributed by atoms with van der Waals surface area (Å²) in [5.41, 5.74) is 1.02. The summed E-state index contributed by atoms with van der Waals surface area (Å²) in [5, 5.41) is 9.25. The number of hydrogen-bond donors (Lipinski definition) is 1. The average Bonchev–Trinajstić information content (AvgIpc) is 2.48. The highest BCUT2D eigenvalue weighted by molar-refractivity contribution is 9.10. The van der Waals surface area contributed by atoms with E-state index in [1.165, 1.54) is 0 Å². The van der Waals surface area contributed by atoms with E-state index in [-0.39, 0.29) is 5.91 Å². The third-order valence-corrected chi connectivity index (χ3v) is 4.30. The number of halogens is 1. The Morgan fingerprint density at radius 3 is 2.33 bits per heavy atom. The number of amides is 1. The standard InChI is InChI=1S/C16H18BrNO3/c1-18(10-11-6-8-12(17)9-7-11)15(19)13-4-2-3-5-14(13)16(20)21/h2-3,6-9,13-14H,4-5,10H2,1H3,(H,20,21). The highest BCUT2D eigenvalue weighted by atomic mass is 79.9. The van der Waals surface area contributed by atoms with Crippen LogP contribution >= 0.6 is 15.9 Å². The Kier molecular flexibility index (Phi) is 5.17. The molecule has 2 unspecified atom stereocenters. The maximum Gasteiger partial charge on any atom is 0.307 e. The fourth-order valence-corrected chi connectivity index (χ4v) is 2.85. The second kappa shape index (κ2) is 6.89. The Bertz CT molecular complexity index is 553. The van der Waals surface area contributed by atoms with Gasteiger partial charge in [-0.2, -0.15) is 0 Å². The van der Waals surface area contributed by atoms with Crippen LogP contribution in [0.25, 0.3) is 0 Å². The third kappa shape index (κ3) is 3.94. The minimum Gasteiger partial charge on any atom is -0.481 e. The van der Waals surface area contributed by atoms with Gasteiger partial charge in [0.2, 0.25) is 5.91 Å². The Morgan fingerprint density at radius 2 is 1.76 bits per heavy atom. The average molecular weight is 352 g/mol. The Hall–Kier alpha value is -1.62. The zero-order valence-corrected chi connectivity index (χ0v) is 13.4. The van der Waals surface area contributed by atoms with Crippen molar-refractivity contribution in [2.75, 3.05) is 7.05 Å². The maximum absolute atomic E-state index is 12.5. The number of rotatable bonds is 4. The van der Waals surface area contributed by atoms with E-state index in [9.17, 15) is 14.7 Å². The number of hydrogen-bond acceptors (Lipinski definition) is 2. The second-order valence-corrected chi connectivity index (χ2v) is 6.23. The molecular weight excluding hydrogens is 334 g/mol. The number of nitrogens with zero attached hydrogens (tertiary/aromatic N) is 1. The molecule has 1 aromatic carbocycles. The van der Waals surface area contributed by atoms with Crippen LogP contribution in [-0.2, 0) is 16.1 Å². The van der Waals surface area contributed by atoms with E-state index >= 15 is 0 Å². The molecule has 112 valence electrons. The summed E-state index contributed by atoms with van der Waals surface area (Å²) in [4.78, 5) is 25.4. The highest BCUT2D eigenvalue weighted by Gasteiger charge is 2.35. The molecule has 2 atom stereocenters. The Morgan fingerprint density at radius 1 is 1.19 bits per heavy atom. The molecule has 0 heterocycles. The largest absolute Gasteiger partial charge is 0.481 e. The summed E-state index contributed by atoms with van der Waals surface area (Å²) in [6.07, 6.45) is 4.67. The predicted molar refractivity (Wildman–Crippen MR) is 83.6 cm³/mol. The number of carboxylic acids is 1. The first-order valence-corrected chi connectivity index (χ1v) is 7.65. The second-order valence-electron chi connectivity index (χ2n) is 5.31. The maximum atomic E-state index is 12.5. The molecule has 0 bridgehead atoms. The molecule has 0 saturated carbocycles. The molecule has 0 radical (unpaired) electrons. The van der Waals surface area contributed by atoms with Crippen molar-refractivity contribution >= 4 is 27.8 Å². The van der Waals surface area contributed by atoms with E-state index in [4.69, 9.17) is 0 Å². The van der Waals surface area contributed by atoms with Crippen LogP contribution in [0.15, 0.2) is 40.9 Å². The zero-order valence-electron chi connectivity index (χ0n) is 11.8. The van der Waals surface area contributed by atoms with E-state index in [0.717, 1.165) is 10.0 Å². The van der Waals surface area contributed by atoms with E-state index < -0.39 is 17.8 Å². The third-order valence-electron chi connectivity index (χ3n) is 3.78. The van der Waals surface area contributed by atoms with Crippen molar-refractivity contribution in [3.05, 3.63) is 46.5 Å². The number of carbonyl (C=O) groups is 2. The van der Waals surface area contributed by atoms with Gasteiger partial charge in [0.15, 0.2) is 0 Å². The molecule has 2 rings (SSSR count). The zero-order chi connectivity index (χ0) is 15.4. The molecule has 0 aromatic heterocycles. The van der Waals surface area contributed by atoms with Crippen molar-refractivity contribution in [2.24, 2.45) is 11.8 Å². The van der Waals surface area contributed by atoms with Crippen molar-refractivity contribution < 1.29 is 14.7 Å². The van der Waals surface area contributed by atoms with E-state index in [2.05, 4.69) is 15.9 Å². The summed E-state index contributed by atoms with van der Waals surface area (Å²) in [6.45, 7) is 0.485. The lowest BCUT2D eigenvalue weighted by atomic mass is 9.82. The van der Waals surface area contributed by atoms with Crippen LogP contribution in [0, 0.1) is 11.8 Å². The van der Waals surface area contributed by atoms with Gasteiger partial charge in [-0.15, -0.1) is 0 Å². The molecule has 5 heteroatoms. The lowest BCUT2D eigenvalue weighted by Crippen LogP contribution is -2.39. The quantitative estimate of drug-likeness (QED) is 0.848. The topological polar surface area (TPSA) is 57.6 Å². The molecule has 0 spiro atoms. The van der Waals surface area contributed by atoms with Gasteiger partial charge in [0.05, 0.1) is 11.8 Å². The van der Waals surface area contributed by atoms with Crippen LogP contribution in [0.5, 0.6) is 0 Å². The SMILES string of the molecule is CN(Cc1ccc(Br)cc1)C(=O)C1CC=CCC1C(=O)O. The van der Waals surface area contributed by atoms with Gasteiger partial charge in [-0.25, -0.2) is 0 Å². The molecule has 1 aromatic rings. The van der Waals surface area contributed by atoms with Gasteiger partial charge >= 0.3 is 5.97 Å². The minimum absolute atomic E-state index is 0.102. The molecule has 1 N–H and O–H groups in total. The number of carbonyl (C=O) groups excluding carboxylic acids is 1. The van der Waals surface area contributed by atoms with Crippen molar-refractivity contribution in [1.29, 1.82) is 0 Å². The highest BCUT2D eigenvalue weighted by Crippen LogP contribution is 2.28. The van der Waals surface area contributed by atoms with Crippen molar-refractivity contribution in [1.82, 2.24) is 4.90 Å². The Labute approximate surface area is 132 Å². The lowest BCUT2D eigenvalue weighted by Gasteiger charge is -2.28. The van der Waals surface area contributed by atoms with Gasteiger partial charge in [0.25, 0.3) is 0 Å². The van der Waals surface area contributed by atoms with Crippen molar-refractivity contribution in [3.63, 3.8) is 0 Å². The number of aliphatic carboxylic acids is 1. The van der Waals surface area contributed by atoms with Crippen LogP contribution in [0.2, 0.25) is 0 Å². The monoisotopic (exact) mass is 351 g/mol. The van der Waals surface area contributed by atoms with Crippen LogP contribution < -0.4 is 0 Å². The van der Waals surface area contributed by atoms with Gasteiger partial charge in [0.1, 0.15) is 0 Å². The van der Waals surface area contributed by atoms with Gasteiger partial charge in [0, 0.05) is 18.1 Å². The summed E-state index contributed by atoms with van der Waals surface area (Å²) >= 11 is 3.37. The fraction of sp³-hybridized carbons (Fsp3) is 0.375. The predicted octanol–water partition coefficient (Wildman–Crippen LogP) is 3.07. The van der Waals surface area contributed by atoms with Crippen molar-refractivity contribution in [2.45, 2.75) is 19.4 Å². The molecular formula is C16H18BrNO3. The number of allylic oxidation sites excluding steroid dienone is 2. The molecule has 21 heavy (non-hydrogen) atoms. The van der Waals surface area contributed by atoms with E-state index in [0.29, 0.717) is 19.4 Å². The molecule has 1 amide bonds. The van der Waals surface area contributed by atoms with Crippen LogP contribution in [-0.4, -0.2) is 28.9 Å². The van der Waals surface area contributed by atoms with Gasteiger partial charge in [-0.1, -0.05) is 40.2 Å². The van der Waals surface area contributed by atoms with Gasteiger partial charge < -0.3 is 10.0 Å². The first kappa shape index (κ1) is 15.8. The first-order valence-electron chi connectivity index (χ1n) is 6.86. The number of carboxylic acid groups (broad SMARTS) is 1. The number of benzene rings is 1. The summed E-state index contributed by atoms with van der Waals surface area (Å²) in [7, 11) is 1.72. The summed E-state index contributed by atoms with van der Waals surface area (Å²) < 4.78 is 0.989. The molecule has 0 saturated heterocycles. The fourth-order valence-electron chi connectivity index (χ4n) is 2.58. The Balaban J connectivity index is 2.05. The molecule has 0 aliphatic heterocycles. The smallest absolute Gasteiger partial charge is 0.307 e. The molecule has 1 aliphatic carbocycles. The lowest BCUT2D eigenvalue weighted by molar-refractivity contribution is -0.150.